The molecular weight excluding hydrogens is 469 g/mol. The van der Waals surface area contributed by atoms with Crippen LogP contribution in [0.1, 0.15) is 35.3 Å². The molecule has 0 saturated heterocycles. The standard InChI is InChI=1S/C19H11F7N2O3S/c1-2-11(17(30)31)28-12-6-10(21)13(22)14(23)15(12)32-18(28)27-16(29)7-3-8(19(24,25)26)5-9(20)4-7/h3-6,11H,2H2,1H3,(H,30,31). The fourth-order valence-electron chi connectivity index (χ4n) is 2.96. The van der Waals surface area contributed by atoms with E-state index >= 15 is 0 Å². The van der Waals surface area contributed by atoms with E-state index in [9.17, 15) is 45.4 Å². The lowest BCUT2D eigenvalue weighted by atomic mass is 10.1. The number of aliphatic carboxylic acids is 1. The van der Waals surface area contributed by atoms with Gasteiger partial charge in [0.25, 0.3) is 5.91 Å². The van der Waals surface area contributed by atoms with Gasteiger partial charge in [-0.1, -0.05) is 18.3 Å². The zero-order valence-electron chi connectivity index (χ0n) is 15.8. The van der Waals surface area contributed by atoms with Gasteiger partial charge in [0, 0.05) is 11.6 Å². The van der Waals surface area contributed by atoms with E-state index in [0.29, 0.717) is 18.2 Å². The number of benzene rings is 2. The molecule has 1 atom stereocenters. The Bertz CT molecular complexity index is 1310. The van der Waals surface area contributed by atoms with Gasteiger partial charge in [0.1, 0.15) is 11.9 Å². The second-order valence-corrected chi connectivity index (χ2v) is 7.47. The van der Waals surface area contributed by atoms with Gasteiger partial charge in [-0.25, -0.2) is 22.4 Å². The van der Waals surface area contributed by atoms with E-state index in [4.69, 9.17) is 0 Å². The number of halogens is 7. The van der Waals surface area contributed by atoms with Gasteiger partial charge in [0.2, 0.25) is 0 Å². The van der Waals surface area contributed by atoms with E-state index in [1.165, 1.54) is 6.92 Å². The first-order valence-electron chi connectivity index (χ1n) is 8.73. The number of nitrogens with zero attached hydrogens (tertiary/aromatic N) is 2. The molecule has 3 aromatic rings. The number of hydrogen-bond donors (Lipinski definition) is 1. The van der Waals surface area contributed by atoms with Crippen molar-refractivity contribution < 1.29 is 45.4 Å². The number of rotatable bonds is 4. The molecule has 0 aliphatic heterocycles. The number of carbonyl (C=O) groups is 2. The van der Waals surface area contributed by atoms with Crippen LogP contribution in [0.5, 0.6) is 0 Å². The van der Waals surface area contributed by atoms with Crippen LogP contribution in [-0.4, -0.2) is 21.6 Å². The molecule has 3 rings (SSSR count). The number of fused-ring (bicyclic) bond motifs is 1. The fourth-order valence-corrected chi connectivity index (χ4v) is 4.04. The number of hydrogen-bond acceptors (Lipinski definition) is 3. The minimum atomic E-state index is -4.97. The minimum absolute atomic E-state index is 0.151. The summed E-state index contributed by atoms with van der Waals surface area (Å²) in [5, 5.41) is 9.46. The lowest BCUT2D eigenvalue weighted by Crippen LogP contribution is -2.27. The summed E-state index contributed by atoms with van der Waals surface area (Å²) in [6.07, 6.45) is -5.12. The molecule has 170 valence electrons. The smallest absolute Gasteiger partial charge is 0.416 e. The molecule has 0 fully saturated rings. The minimum Gasteiger partial charge on any atom is -0.480 e. The molecule has 1 unspecified atom stereocenters. The Kier molecular flexibility index (Phi) is 6.13. The Balaban J connectivity index is 2.31. The Morgan fingerprint density at radius 1 is 1.09 bits per heavy atom. The number of thiazole rings is 1. The summed E-state index contributed by atoms with van der Waals surface area (Å²) >= 11 is 0.286. The first-order valence-corrected chi connectivity index (χ1v) is 9.55. The number of amides is 1. The van der Waals surface area contributed by atoms with Crippen molar-refractivity contribution in [3.8, 4) is 0 Å². The number of carboxylic acids is 1. The van der Waals surface area contributed by atoms with Crippen LogP contribution in [0, 0.1) is 23.3 Å². The van der Waals surface area contributed by atoms with E-state index in [1.807, 2.05) is 0 Å². The Labute approximate surface area is 178 Å². The lowest BCUT2D eigenvalue weighted by molar-refractivity contribution is -0.141. The van der Waals surface area contributed by atoms with Crippen molar-refractivity contribution in [3.63, 3.8) is 0 Å². The van der Waals surface area contributed by atoms with Gasteiger partial charge in [-0.2, -0.15) is 18.2 Å². The molecule has 1 heterocycles. The van der Waals surface area contributed by atoms with Crippen molar-refractivity contribution in [2.24, 2.45) is 4.99 Å². The highest BCUT2D eigenvalue weighted by molar-refractivity contribution is 7.16. The topological polar surface area (TPSA) is 71.7 Å². The van der Waals surface area contributed by atoms with Gasteiger partial charge in [-0.3, -0.25) is 4.79 Å². The summed E-state index contributed by atoms with van der Waals surface area (Å²) in [6.45, 7) is 1.40. The summed E-state index contributed by atoms with van der Waals surface area (Å²) in [4.78, 5) is 27.1. The average Bonchev–Trinajstić information content (AvgIpc) is 3.03. The molecule has 5 nitrogen and oxygen atoms in total. The van der Waals surface area contributed by atoms with Crippen molar-refractivity contribution in [1.82, 2.24) is 4.57 Å². The molecule has 13 heteroatoms. The quantitative estimate of drug-likeness (QED) is 0.420. The van der Waals surface area contributed by atoms with Gasteiger partial charge >= 0.3 is 12.1 Å². The van der Waals surface area contributed by atoms with Crippen molar-refractivity contribution in [2.45, 2.75) is 25.6 Å². The predicted molar refractivity (Wildman–Crippen MR) is 97.9 cm³/mol. The molecular formula is C19H11F7N2O3S. The third kappa shape index (κ3) is 4.24. The second kappa shape index (κ2) is 8.37. The third-order valence-electron chi connectivity index (χ3n) is 4.41. The predicted octanol–water partition coefficient (Wildman–Crippen LogP) is 5.05. The number of carboxylic acid groups (broad SMARTS) is 1. The summed E-state index contributed by atoms with van der Waals surface area (Å²) in [5.41, 5.74) is -2.71. The molecule has 2 aromatic carbocycles. The van der Waals surface area contributed by atoms with E-state index in [2.05, 4.69) is 4.99 Å². The monoisotopic (exact) mass is 480 g/mol. The molecule has 0 aliphatic rings. The second-order valence-electron chi connectivity index (χ2n) is 6.49. The van der Waals surface area contributed by atoms with Crippen LogP contribution < -0.4 is 4.80 Å². The molecule has 0 saturated carbocycles. The van der Waals surface area contributed by atoms with Crippen LogP contribution >= 0.6 is 11.3 Å². The summed E-state index contributed by atoms with van der Waals surface area (Å²) in [6, 6.07) is -0.00967. The third-order valence-corrected chi connectivity index (χ3v) is 5.47. The average molecular weight is 480 g/mol. The van der Waals surface area contributed by atoms with Crippen LogP contribution in [-0.2, 0) is 11.0 Å². The van der Waals surface area contributed by atoms with Crippen molar-refractivity contribution >= 4 is 33.4 Å². The highest BCUT2D eigenvalue weighted by atomic mass is 32.1. The summed E-state index contributed by atoms with van der Waals surface area (Å²) < 4.78 is 94.3. The highest BCUT2D eigenvalue weighted by Gasteiger charge is 2.32. The largest absolute Gasteiger partial charge is 0.480 e. The van der Waals surface area contributed by atoms with E-state index < -0.39 is 73.5 Å². The first-order chi connectivity index (χ1) is 14.8. The Morgan fingerprint density at radius 3 is 2.31 bits per heavy atom. The molecule has 1 N–H and O–H groups in total. The Hall–Kier alpha value is -3.22. The van der Waals surface area contributed by atoms with Crippen molar-refractivity contribution in [1.29, 1.82) is 0 Å². The maximum absolute atomic E-state index is 14.3. The van der Waals surface area contributed by atoms with E-state index in [-0.39, 0.29) is 23.8 Å². The molecule has 0 spiro atoms. The van der Waals surface area contributed by atoms with Gasteiger partial charge in [-0.15, -0.1) is 0 Å². The number of alkyl halides is 3. The van der Waals surface area contributed by atoms with E-state index in [0.717, 1.165) is 4.57 Å². The first kappa shape index (κ1) is 23.4. The number of carbonyl (C=O) groups excluding carboxylic acids is 1. The molecule has 0 aliphatic carbocycles. The van der Waals surface area contributed by atoms with Gasteiger partial charge < -0.3 is 9.67 Å². The molecule has 1 aromatic heterocycles. The zero-order valence-corrected chi connectivity index (χ0v) is 16.6. The van der Waals surface area contributed by atoms with Crippen LogP contribution in [0.15, 0.2) is 29.3 Å². The molecule has 1 amide bonds. The molecule has 32 heavy (non-hydrogen) atoms. The summed E-state index contributed by atoms with van der Waals surface area (Å²) in [5.74, 6) is -9.38. The molecule has 0 radical (unpaired) electrons. The van der Waals surface area contributed by atoms with Gasteiger partial charge in [0.05, 0.1) is 15.8 Å². The maximum atomic E-state index is 14.3. The van der Waals surface area contributed by atoms with Crippen molar-refractivity contribution in [2.75, 3.05) is 0 Å². The Morgan fingerprint density at radius 2 is 1.75 bits per heavy atom. The lowest BCUT2D eigenvalue weighted by Gasteiger charge is -2.13. The van der Waals surface area contributed by atoms with Crippen LogP contribution in [0.2, 0.25) is 0 Å². The fraction of sp³-hybridized carbons (Fsp3) is 0.211. The number of aromatic nitrogens is 1. The summed E-state index contributed by atoms with van der Waals surface area (Å²) in [7, 11) is 0. The van der Waals surface area contributed by atoms with Crippen LogP contribution in [0.25, 0.3) is 10.2 Å². The van der Waals surface area contributed by atoms with E-state index in [1.54, 1.807) is 0 Å². The SMILES string of the molecule is CCC(C(=O)O)n1c(=NC(=O)c2cc(F)cc(C(F)(F)F)c2)sc2c(F)c(F)c(F)cc21. The normalized spacial score (nSPS) is 13.6. The van der Waals surface area contributed by atoms with Gasteiger partial charge in [-0.05, 0) is 24.6 Å². The molecule has 0 bridgehead atoms. The highest BCUT2D eigenvalue weighted by Crippen LogP contribution is 2.31. The zero-order chi connectivity index (χ0) is 24.0. The van der Waals surface area contributed by atoms with Crippen LogP contribution in [0.4, 0.5) is 30.7 Å². The maximum Gasteiger partial charge on any atom is 0.416 e. The van der Waals surface area contributed by atoms with Crippen molar-refractivity contribution in [3.05, 3.63) is 63.5 Å². The van der Waals surface area contributed by atoms with Crippen LogP contribution in [0.3, 0.4) is 0 Å². The van der Waals surface area contributed by atoms with Gasteiger partial charge in [0.15, 0.2) is 22.3 Å².